The Morgan fingerprint density at radius 3 is 1.21 bits per heavy atom. The van der Waals surface area contributed by atoms with Crippen LogP contribution in [0.5, 0.6) is 0 Å². The Balaban J connectivity index is 5.63. The fourth-order valence-electron chi connectivity index (χ4n) is 2.42. The fraction of sp³-hybridized carbons (Fsp3) is 1.00. The molecule has 0 saturated heterocycles. The Morgan fingerprint density at radius 2 is 0.929 bits per heavy atom. The summed E-state index contributed by atoms with van der Waals surface area (Å²) < 4.78 is 153. The monoisotopic (exact) mass is 518 g/mol. The van der Waals surface area contributed by atoms with E-state index in [4.69, 9.17) is 33.2 Å². The van der Waals surface area contributed by atoms with Gasteiger partial charge in [-0.25, -0.2) is 0 Å². The molecule has 0 nitrogen and oxygen atoms in total. The smallest absolute Gasteiger partial charge is 0.171 e. The molecule has 0 aliphatic heterocycles. The van der Waals surface area contributed by atoms with Crippen molar-refractivity contribution in [3.63, 3.8) is 0 Å². The van der Waals surface area contributed by atoms with Gasteiger partial charge in [-0.2, -0.15) is 52.7 Å². The predicted octanol–water partition coefficient (Wildman–Crippen LogP) is 8.30. The van der Waals surface area contributed by atoms with Gasteiger partial charge in [-0.15, -0.1) is 33.2 Å². The molecule has 0 rings (SSSR count). The van der Waals surface area contributed by atoms with Crippen LogP contribution in [-0.4, -0.2) is 30.7 Å². The van der Waals surface area contributed by atoms with Gasteiger partial charge >= 0.3 is 30.7 Å². The molecule has 170 valence electrons. The molecule has 0 aliphatic carbocycles. The molecule has 16 heteroatoms. The summed E-state index contributed by atoms with van der Waals surface area (Å²) in [7, 11) is 0. The second-order valence-electron chi connectivity index (χ2n) is 6.16. The summed E-state index contributed by atoms with van der Waals surface area (Å²) in [5.74, 6) is -9.14. The predicted molar refractivity (Wildman–Crippen MR) is 81.3 cm³/mol. The van der Waals surface area contributed by atoms with Gasteiger partial charge in [-0.3, -0.25) is 0 Å². The van der Waals surface area contributed by atoms with E-state index in [9.17, 15) is 52.7 Å². The van der Waals surface area contributed by atoms with Gasteiger partial charge in [0.25, 0.3) is 0 Å². The largest absolute Gasteiger partial charge is 0.391 e. The molecule has 0 aliphatic rings. The van der Waals surface area contributed by atoms with Crippen LogP contribution in [0.2, 0.25) is 6.04 Å². The van der Waals surface area contributed by atoms with Crippen LogP contribution >= 0.6 is 33.2 Å². The third-order valence-corrected chi connectivity index (χ3v) is 6.13. The van der Waals surface area contributed by atoms with Crippen molar-refractivity contribution in [1.29, 1.82) is 0 Å². The Hall–Kier alpha value is 0.247. The van der Waals surface area contributed by atoms with Crippen LogP contribution in [0.4, 0.5) is 52.7 Å². The minimum absolute atomic E-state index is 1.33. The number of rotatable bonds is 8. The minimum Gasteiger partial charge on any atom is -0.171 e. The maximum atomic E-state index is 13.1. The van der Waals surface area contributed by atoms with Crippen molar-refractivity contribution >= 4 is 39.2 Å². The molecule has 3 atom stereocenters. The highest BCUT2D eigenvalue weighted by atomic mass is 35.8. The van der Waals surface area contributed by atoms with E-state index in [1.165, 1.54) is 0 Å². The van der Waals surface area contributed by atoms with Gasteiger partial charge in [0.2, 0.25) is 0 Å². The van der Waals surface area contributed by atoms with Gasteiger partial charge in [-0.05, 0) is 25.3 Å². The molecule has 0 spiro atoms. The molecule has 0 saturated carbocycles. The van der Waals surface area contributed by atoms with Gasteiger partial charge in [0, 0.05) is 6.42 Å². The van der Waals surface area contributed by atoms with Crippen molar-refractivity contribution in [1.82, 2.24) is 0 Å². The van der Waals surface area contributed by atoms with E-state index in [2.05, 4.69) is 0 Å². The first-order valence-electron chi connectivity index (χ1n) is 7.36. The highest BCUT2D eigenvalue weighted by molar-refractivity contribution is 7.64. The van der Waals surface area contributed by atoms with E-state index in [0.717, 1.165) is 0 Å². The summed E-state index contributed by atoms with van der Waals surface area (Å²) in [5, 5.41) is 0. The maximum Gasteiger partial charge on any atom is 0.391 e. The molecule has 0 aromatic heterocycles. The van der Waals surface area contributed by atoms with Gasteiger partial charge in [-0.1, -0.05) is 0 Å². The van der Waals surface area contributed by atoms with E-state index in [1.54, 1.807) is 0 Å². The van der Waals surface area contributed by atoms with E-state index >= 15 is 0 Å². The molecule has 0 bridgehead atoms. The summed E-state index contributed by atoms with van der Waals surface area (Å²) in [6.45, 7) is 0. The molecule has 0 fully saturated rings. The Labute approximate surface area is 166 Å². The summed E-state index contributed by atoms with van der Waals surface area (Å²) in [4.78, 5) is 0. The lowest BCUT2D eigenvalue weighted by molar-refractivity contribution is -0.229. The average Bonchev–Trinajstić information content (AvgIpc) is 2.34. The number of alkyl halides is 12. The first kappa shape index (κ1) is 28.2. The highest BCUT2D eigenvalue weighted by Crippen LogP contribution is 2.48. The molecule has 28 heavy (non-hydrogen) atoms. The molecule has 0 aromatic carbocycles. The number of hydrogen-bond donors (Lipinski definition) is 0. The summed E-state index contributed by atoms with van der Waals surface area (Å²) >= 11 is 15.9. The molecular formula is C12H13Cl3F12Si. The standard InChI is InChI=1S/C12H13Cl3F12Si/c13-28(14,15)5-8(12(25,26)27)4-7(11(22,23)24)3-6(10(19,20)21)1-2-9(16,17)18/h6-8H,1-5H2. The highest BCUT2D eigenvalue weighted by Gasteiger charge is 2.53. The molecule has 0 radical (unpaired) electrons. The van der Waals surface area contributed by atoms with Crippen LogP contribution < -0.4 is 0 Å². The Bertz CT molecular complexity index is 477. The minimum atomic E-state index is -5.53. The zero-order valence-electron chi connectivity index (χ0n) is 13.4. The van der Waals surface area contributed by atoms with Crippen molar-refractivity contribution in [3.05, 3.63) is 0 Å². The first-order chi connectivity index (χ1) is 12.0. The van der Waals surface area contributed by atoms with Crippen LogP contribution in [-0.2, 0) is 0 Å². The lowest BCUT2D eigenvalue weighted by atomic mass is 9.84. The number of halogens is 15. The molecule has 0 amide bonds. The van der Waals surface area contributed by atoms with E-state index in [1.807, 2.05) is 0 Å². The van der Waals surface area contributed by atoms with Gasteiger partial charge < -0.3 is 0 Å². The Morgan fingerprint density at radius 1 is 0.571 bits per heavy atom. The number of hydrogen-bond acceptors (Lipinski definition) is 0. The molecule has 0 N–H and O–H groups in total. The average molecular weight is 520 g/mol. The van der Waals surface area contributed by atoms with Crippen LogP contribution in [0.3, 0.4) is 0 Å². The lowest BCUT2D eigenvalue weighted by Gasteiger charge is -2.31. The van der Waals surface area contributed by atoms with Crippen LogP contribution in [0.15, 0.2) is 0 Å². The fourth-order valence-corrected chi connectivity index (χ4v) is 5.05. The molecule has 3 unspecified atom stereocenters. The maximum absolute atomic E-state index is 13.1. The van der Waals surface area contributed by atoms with Crippen molar-refractivity contribution in [2.45, 2.75) is 56.4 Å². The van der Waals surface area contributed by atoms with Gasteiger partial charge in [0.1, 0.15) is 0 Å². The molecular weight excluding hydrogens is 507 g/mol. The van der Waals surface area contributed by atoms with E-state index in [0.29, 0.717) is 0 Å². The third-order valence-electron chi connectivity index (χ3n) is 3.78. The summed E-state index contributed by atoms with van der Waals surface area (Å²) in [6.07, 6.45) is -29.0. The van der Waals surface area contributed by atoms with E-state index in [-0.39, 0.29) is 0 Å². The van der Waals surface area contributed by atoms with Crippen LogP contribution in [0, 0.1) is 17.8 Å². The van der Waals surface area contributed by atoms with Crippen molar-refractivity contribution in [2.75, 3.05) is 0 Å². The van der Waals surface area contributed by atoms with Crippen LogP contribution in [0.25, 0.3) is 0 Å². The Kier molecular flexibility index (Phi) is 9.67. The summed E-state index contributed by atoms with van der Waals surface area (Å²) in [6, 6.07) is -5.44. The zero-order chi connectivity index (χ0) is 22.8. The second-order valence-corrected chi connectivity index (χ2v) is 15.3. The second kappa shape index (κ2) is 9.59. The topological polar surface area (TPSA) is 0 Å². The summed E-state index contributed by atoms with van der Waals surface area (Å²) in [5.41, 5.74) is 0. The van der Waals surface area contributed by atoms with Gasteiger partial charge in [0.05, 0.1) is 17.8 Å². The van der Waals surface area contributed by atoms with Crippen molar-refractivity contribution < 1.29 is 52.7 Å². The van der Waals surface area contributed by atoms with Crippen LogP contribution in [0.1, 0.15) is 25.7 Å². The zero-order valence-corrected chi connectivity index (χ0v) is 16.7. The third kappa shape index (κ3) is 12.1. The van der Waals surface area contributed by atoms with E-state index < -0.39 is 80.2 Å². The molecule has 0 aromatic rings. The van der Waals surface area contributed by atoms with Crippen molar-refractivity contribution in [2.24, 2.45) is 17.8 Å². The SMILES string of the molecule is FC(F)(F)CCC(CC(CC(C[Si](Cl)(Cl)Cl)C(F)(F)F)C(F)(F)F)C(F)(F)F. The van der Waals surface area contributed by atoms with Gasteiger partial charge in [0.15, 0.2) is 0 Å². The lowest BCUT2D eigenvalue weighted by Crippen LogP contribution is -2.37. The first-order valence-corrected chi connectivity index (χ1v) is 12.6. The quantitative estimate of drug-likeness (QED) is 0.172. The normalized spacial score (nSPS) is 18.1. The molecule has 0 heterocycles. The van der Waals surface area contributed by atoms with Crippen molar-refractivity contribution in [3.8, 4) is 0 Å².